The molecule has 1 aliphatic carbocycles. The largest absolute Gasteiger partial charge is 0.416 e. The first-order valence-corrected chi connectivity index (χ1v) is 7.52. The normalized spacial score (nSPS) is 20.1. The summed E-state index contributed by atoms with van der Waals surface area (Å²) < 4.78 is 37.9. The Labute approximate surface area is 136 Å². The number of aromatic nitrogens is 4. The SMILES string of the molecule is FC(F)(F)c1ccc(C2CC2c2ccnc(-n3nccn3)c2)cc1. The van der Waals surface area contributed by atoms with E-state index < -0.39 is 11.7 Å². The van der Waals surface area contributed by atoms with Crippen LogP contribution in [-0.4, -0.2) is 20.0 Å². The van der Waals surface area contributed by atoms with Gasteiger partial charge < -0.3 is 0 Å². The van der Waals surface area contributed by atoms with Crippen LogP contribution in [0.4, 0.5) is 13.2 Å². The van der Waals surface area contributed by atoms with Gasteiger partial charge in [0.05, 0.1) is 18.0 Å². The number of halogens is 3. The fraction of sp³-hybridized carbons (Fsp3) is 0.235. The van der Waals surface area contributed by atoms with E-state index in [4.69, 9.17) is 0 Å². The van der Waals surface area contributed by atoms with E-state index in [0.29, 0.717) is 11.7 Å². The van der Waals surface area contributed by atoms with Crippen molar-refractivity contribution < 1.29 is 13.2 Å². The van der Waals surface area contributed by atoms with Gasteiger partial charge in [0.2, 0.25) is 0 Å². The molecule has 4 nitrogen and oxygen atoms in total. The van der Waals surface area contributed by atoms with Crippen molar-refractivity contribution in [2.75, 3.05) is 0 Å². The molecule has 1 aliphatic rings. The lowest BCUT2D eigenvalue weighted by Gasteiger charge is -2.08. The highest BCUT2D eigenvalue weighted by Gasteiger charge is 2.40. The van der Waals surface area contributed by atoms with E-state index in [1.54, 1.807) is 30.7 Å². The van der Waals surface area contributed by atoms with Crippen LogP contribution in [0, 0.1) is 0 Å². The molecule has 3 aromatic rings. The minimum Gasteiger partial charge on any atom is -0.236 e. The first kappa shape index (κ1) is 14.9. The molecule has 1 fully saturated rings. The van der Waals surface area contributed by atoms with Gasteiger partial charge in [-0.1, -0.05) is 12.1 Å². The topological polar surface area (TPSA) is 43.6 Å². The Hall–Kier alpha value is -2.70. The summed E-state index contributed by atoms with van der Waals surface area (Å²) in [6, 6.07) is 9.30. The Morgan fingerprint density at radius 3 is 2.21 bits per heavy atom. The van der Waals surface area contributed by atoms with E-state index in [0.717, 1.165) is 29.7 Å². The third-order valence-electron chi connectivity index (χ3n) is 4.28. The molecule has 0 N–H and O–H groups in total. The molecule has 0 aliphatic heterocycles. The van der Waals surface area contributed by atoms with Crippen LogP contribution in [0.15, 0.2) is 55.0 Å². The third-order valence-corrected chi connectivity index (χ3v) is 4.28. The van der Waals surface area contributed by atoms with Crippen LogP contribution in [0.1, 0.15) is 34.9 Å². The van der Waals surface area contributed by atoms with E-state index >= 15 is 0 Å². The molecular formula is C17H13F3N4. The maximum Gasteiger partial charge on any atom is 0.416 e. The van der Waals surface area contributed by atoms with Gasteiger partial charge in [-0.25, -0.2) is 4.98 Å². The van der Waals surface area contributed by atoms with Crippen molar-refractivity contribution >= 4 is 0 Å². The van der Waals surface area contributed by atoms with E-state index in [2.05, 4.69) is 15.2 Å². The Balaban J connectivity index is 1.53. The molecule has 0 amide bonds. The van der Waals surface area contributed by atoms with Crippen molar-refractivity contribution in [1.82, 2.24) is 20.0 Å². The van der Waals surface area contributed by atoms with Gasteiger partial charge in [-0.3, -0.25) is 0 Å². The predicted molar refractivity (Wildman–Crippen MR) is 80.7 cm³/mol. The third kappa shape index (κ3) is 2.77. The molecule has 2 heterocycles. The van der Waals surface area contributed by atoms with Gasteiger partial charge >= 0.3 is 6.18 Å². The maximum atomic E-state index is 12.6. The van der Waals surface area contributed by atoms with E-state index in [9.17, 15) is 13.2 Å². The standard InChI is InChI=1S/C17H13F3N4/c18-17(19,20)13-3-1-11(2-4-13)14-10-15(14)12-5-6-21-16(9-12)24-22-7-8-23-24/h1-9,14-15H,10H2. The van der Waals surface area contributed by atoms with Crippen molar-refractivity contribution in [1.29, 1.82) is 0 Å². The molecular weight excluding hydrogens is 317 g/mol. The molecule has 0 radical (unpaired) electrons. The zero-order valence-corrected chi connectivity index (χ0v) is 12.5. The van der Waals surface area contributed by atoms with Crippen molar-refractivity contribution in [2.45, 2.75) is 24.4 Å². The summed E-state index contributed by atoms with van der Waals surface area (Å²) in [6.45, 7) is 0. The molecule has 7 heteroatoms. The summed E-state index contributed by atoms with van der Waals surface area (Å²) in [4.78, 5) is 5.68. The summed E-state index contributed by atoms with van der Waals surface area (Å²) >= 11 is 0. The summed E-state index contributed by atoms with van der Waals surface area (Å²) in [7, 11) is 0. The highest BCUT2D eigenvalue weighted by Crippen LogP contribution is 2.54. The zero-order valence-electron chi connectivity index (χ0n) is 12.5. The van der Waals surface area contributed by atoms with E-state index in [1.807, 2.05) is 12.1 Å². The molecule has 0 bridgehead atoms. The maximum absolute atomic E-state index is 12.6. The van der Waals surface area contributed by atoms with E-state index in [1.165, 1.54) is 4.80 Å². The molecule has 2 aromatic heterocycles. The van der Waals surface area contributed by atoms with Gasteiger partial charge in [0.15, 0.2) is 5.82 Å². The fourth-order valence-electron chi connectivity index (χ4n) is 2.96. The van der Waals surface area contributed by atoms with Gasteiger partial charge in [-0.15, -0.1) is 4.80 Å². The van der Waals surface area contributed by atoms with Crippen LogP contribution in [0.5, 0.6) is 0 Å². The van der Waals surface area contributed by atoms with Crippen molar-refractivity contribution in [3.63, 3.8) is 0 Å². The summed E-state index contributed by atoms with van der Waals surface area (Å²) in [6.07, 6.45) is 1.49. The van der Waals surface area contributed by atoms with Crippen LogP contribution < -0.4 is 0 Å². The van der Waals surface area contributed by atoms with Crippen LogP contribution in [0.3, 0.4) is 0 Å². The first-order valence-electron chi connectivity index (χ1n) is 7.52. The fourth-order valence-corrected chi connectivity index (χ4v) is 2.96. The highest BCUT2D eigenvalue weighted by atomic mass is 19.4. The number of hydrogen-bond donors (Lipinski definition) is 0. The van der Waals surface area contributed by atoms with Gasteiger partial charge in [0.1, 0.15) is 0 Å². The molecule has 2 atom stereocenters. The van der Waals surface area contributed by atoms with E-state index in [-0.39, 0.29) is 5.92 Å². The van der Waals surface area contributed by atoms with Crippen molar-refractivity contribution in [3.8, 4) is 5.82 Å². The Morgan fingerprint density at radius 1 is 0.875 bits per heavy atom. The average Bonchev–Trinajstić information content (AvgIpc) is 3.19. The quantitative estimate of drug-likeness (QED) is 0.730. The number of nitrogens with zero attached hydrogens (tertiary/aromatic N) is 4. The van der Waals surface area contributed by atoms with Crippen LogP contribution in [0.2, 0.25) is 0 Å². The number of rotatable bonds is 3. The molecule has 1 saturated carbocycles. The lowest BCUT2D eigenvalue weighted by atomic mass is 10.0. The van der Waals surface area contributed by atoms with Crippen LogP contribution in [0.25, 0.3) is 5.82 Å². The second kappa shape index (κ2) is 5.43. The van der Waals surface area contributed by atoms with Gasteiger partial charge in [-0.2, -0.15) is 23.4 Å². The second-order valence-electron chi connectivity index (χ2n) is 5.83. The van der Waals surface area contributed by atoms with Gasteiger partial charge in [0.25, 0.3) is 0 Å². The second-order valence-corrected chi connectivity index (χ2v) is 5.83. The Bertz CT molecular complexity index is 841. The lowest BCUT2D eigenvalue weighted by Crippen LogP contribution is -2.04. The average molecular weight is 330 g/mol. The minimum atomic E-state index is -4.29. The first-order chi connectivity index (χ1) is 11.5. The Kier molecular flexibility index (Phi) is 3.37. The minimum absolute atomic E-state index is 0.244. The van der Waals surface area contributed by atoms with Crippen molar-refractivity contribution in [3.05, 3.63) is 71.7 Å². The van der Waals surface area contributed by atoms with Gasteiger partial charge in [-0.05, 0) is 53.6 Å². The summed E-state index contributed by atoms with van der Waals surface area (Å²) in [5.41, 5.74) is 1.42. The Morgan fingerprint density at radius 2 is 1.54 bits per heavy atom. The van der Waals surface area contributed by atoms with Crippen molar-refractivity contribution in [2.24, 2.45) is 0 Å². The molecule has 4 rings (SSSR count). The summed E-state index contributed by atoms with van der Waals surface area (Å²) in [5.74, 6) is 1.17. The van der Waals surface area contributed by atoms with Crippen LogP contribution >= 0.6 is 0 Å². The lowest BCUT2D eigenvalue weighted by molar-refractivity contribution is -0.137. The molecule has 1 aromatic carbocycles. The number of hydrogen-bond acceptors (Lipinski definition) is 3. The monoisotopic (exact) mass is 330 g/mol. The summed E-state index contributed by atoms with van der Waals surface area (Å²) in [5, 5.41) is 8.11. The molecule has 0 spiro atoms. The highest BCUT2D eigenvalue weighted by molar-refractivity contribution is 5.39. The molecule has 2 unspecified atom stereocenters. The number of alkyl halides is 3. The molecule has 122 valence electrons. The molecule has 0 saturated heterocycles. The van der Waals surface area contributed by atoms with Gasteiger partial charge in [0, 0.05) is 6.20 Å². The number of pyridine rings is 1. The smallest absolute Gasteiger partial charge is 0.236 e. The predicted octanol–water partition coefficient (Wildman–Crippen LogP) is 3.95. The number of benzene rings is 1. The van der Waals surface area contributed by atoms with Crippen LogP contribution in [-0.2, 0) is 6.18 Å². The zero-order chi connectivity index (χ0) is 16.7. The molecule has 24 heavy (non-hydrogen) atoms.